The van der Waals surface area contributed by atoms with E-state index in [2.05, 4.69) is 4.18 Å². The molecule has 0 spiro atoms. The van der Waals surface area contributed by atoms with Crippen molar-refractivity contribution in [2.75, 3.05) is 13.1 Å². The van der Waals surface area contributed by atoms with Gasteiger partial charge in [-0.25, -0.2) is 13.6 Å². The van der Waals surface area contributed by atoms with E-state index in [1.165, 1.54) is 0 Å². The van der Waals surface area contributed by atoms with Gasteiger partial charge in [0, 0.05) is 22.1 Å². The SMILES string of the molecule is O=C(O)CN(CC(=O)O)C(=O)c1ccc(-c2c3cc(F)c(=O)c(F)c-3oc3c(F)c(OS(=O)(=O)C(F)(F)F)c(F)cc23)c(C(=O)O)c1. The highest BCUT2D eigenvalue weighted by molar-refractivity contribution is 7.88. The molecule has 0 aromatic heterocycles. The topological polar surface area (TPSA) is 206 Å². The van der Waals surface area contributed by atoms with Crippen LogP contribution in [-0.4, -0.2) is 71.1 Å². The van der Waals surface area contributed by atoms with Gasteiger partial charge in [-0.1, -0.05) is 6.07 Å². The number of nitrogens with zero attached hydrogens (tertiary/aromatic N) is 1. The van der Waals surface area contributed by atoms with Crippen LogP contribution in [0.2, 0.25) is 0 Å². The van der Waals surface area contributed by atoms with Crippen molar-refractivity contribution in [1.29, 1.82) is 0 Å². The number of amides is 1. The highest BCUT2D eigenvalue weighted by Crippen LogP contribution is 2.45. The van der Waals surface area contributed by atoms with Crippen LogP contribution in [0.1, 0.15) is 20.7 Å². The van der Waals surface area contributed by atoms with E-state index in [0.29, 0.717) is 12.1 Å². The Bertz CT molecular complexity index is 2150. The van der Waals surface area contributed by atoms with Gasteiger partial charge in [-0.05, 0) is 29.8 Å². The zero-order valence-corrected chi connectivity index (χ0v) is 23.1. The van der Waals surface area contributed by atoms with E-state index in [9.17, 15) is 59.4 Å². The van der Waals surface area contributed by atoms with Crippen LogP contribution >= 0.6 is 0 Å². The fourth-order valence-electron chi connectivity index (χ4n) is 4.29. The second-order valence-corrected chi connectivity index (χ2v) is 10.8. The van der Waals surface area contributed by atoms with Crippen molar-refractivity contribution in [3.05, 3.63) is 75.0 Å². The van der Waals surface area contributed by atoms with Crippen molar-refractivity contribution in [2.24, 2.45) is 0 Å². The number of rotatable bonds is 9. The van der Waals surface area contributed by atoms with Crippen LogP contribution in [0.4, 0.5) is 30.7 Å². The predicted molar refractivity (Wildman–Crippen MR) is 138 cm³/mol. The number of aliphatic carboxylic acids is 2. The number of hydrogen-bond donors (Lipinski definition) is 3. The normalized spacial score (nSPS) is 11.9. The Morgan fingerprint density at radius 3 is 1.98 bits per heavy atom. The molecule has 1 heterocycles. The highest BCUT2D eigenvalue weighted by Gasteiger charge is 2.49. The molecule has 0 bridgehead atoms. The lowest BCUT2D eigenvalue weighted by Gasteiger charge is -2.21. The molecule has 1 aliphatic heterocycles. The number of alkyl halides is 3. The van der Waals surface area contributed by atoms with Crippen LogP contribution < -0.4 is 9.61 Å². The molecule has 2 aliphatic rings. The number of carboxylic acid groups (broad SMARTS) is 3. The highest BCUT2D eigenvalue weighted by atomic mass is 32.2. The molecule has 21 heteroatoms. The van der Waals surface area contributed by atoms with Crippen LogP contribution in [0.25, 0.3) is 33.4 Å². The van der Waals surface area contributed by atoms with Crippen molar-refractivity contribution in [2.45, 2.75) is 5.51 Å². The van der Waals surface area contributed by atoms with Gasteiger partial charge in [0.25, 0.3) is 11.3 Å². The first-order chi connectivity index (χ1) is 21.7. The van der Waals surface area contributed by atoms with Gasteiger partial charge in [-0.3, -0.25) is 19.2 Å². The molecule has 0 fully saturated rings. The van der Waals surface area contributed by atoms with Crippen LogP contribution in [0.3, 0.4) is 0 Å². The standard InChI is InChI=1S/C26H12F7NO12S/c27-13-4-11-17(9-2-1-8(3-10(9)25(41)42)24(40)34(6-15(35)36)7-16(37)38)12-5-14(28)23(46-47(43,44)26(31,32)33)19(30)22(12)45-21(11)18(29)20(13)39/h1-5H,6-7H2,(H,35,36)(H,37,38)(H,41,42). The summed E-state index contributed by atoms with van der Waals surface area (Å²) >= 11 is 0. The molecule has 13 nitrogen and oxygen atoms in total. The number of carboxylic acids is 3. The molecule has 1 amide bonds. The second kappa shape index (κ2) is 11.9. The van der Waals surface area contributed by atoms with Crippen molar-refractivity contribution in [3.8, 4) is 28.2 Å². The minimum Gasteiger partial charge on any atom is -0.480 e. The number of benzene rings is 3. The maximum absolute atomic E-state index is 15.5. The minimum atomic E-state index is -6.73. The quantitative estimate of drug-likeness (QED) is 0.0993. The molecule has 0 unspecified atom stereocenters. The lowest BCUT2D eigenvalue weighted by molar-refractivity contribution is -0.140. The van der Waals surface area contributed by atoms with E-state index in [4.69, 9.17) is 14.6 Å². The zero-order valence-electron chi connectivity index (χ0n) is 22.3. The third-order valence-corrected chi connectivity index (χ3v) is 7.14. The van der Waals surface area contributed by atoms with Crippen LogP contribution in [0.15, 0.2) is 39.5 Å². The van der Waals surface area contributed by atoms with Crippen LogP contribution in [0, 0.1) is 23.3 Å². The molecular formula is C26H12F7NO12S. The van der Waals surface area contributed by atoms with Crippen LogP contribution in [-0.2, 0) is 19.7 Å². The molecule has 0 saturated heterocycles. The average molecular weight is 695 g/mol. The molecule has 248 valence electrons. The summed E-state index contributed by atoms with van der Waals surface area (Å²) in [5.74, 6) is -18.8. The first kappa shape index (κ1) is 34.1. The first-order valence-electron chi connectivity index (χ1n) is 12.0. The third kappa shape index (κ3) is 6.23. The van der Waals surface area contributed by atoms with Gasteiger partial charge in [-0.2, -0.15) is 30.4 Å². The molecule has 0 saturated carbocycles. The summed E-state index contributed by atoms with van der Waals surface area (Å²) in [6.07, 6.45) is 0. The number of carbonyl (C=O) groups excluding carboxylic acids is 1. The van der Waals surface area contributed by atoms with E-state index in [1.54, 1.807) is 0 Å². The molecule has 0 atom stereocenters. The molecule has 4 rings (SSSR count). The smallest absolute Gasteiger partial charge is 0.480 e. The van der Waals surface area contributed by atoms with Gasteiger partial charge in [-0.15, -0.1) is 0 Å². The fraction of sp³-hybridized carbons (Fsp3) is 0.115. The monoisotopic (exact) mass is 695 g/mol. The number of fused-ring (bicyclic) bond motifs is 2. The fourth-order valence-corrected chi connectivity index (χ4v) is 4.76. The molecule has 2 aromatic carbocycles. The van der Waals surface area contributed by atoms with Crippen LogP contribution in [0.5, 0.6) is 5.75 Å². The van der Waals surface area contributed by atoms with Gasteiger partial charge < -0.3 is 28.8 Å². The summed E-state index contributed by atoms with van der Waals surface area (Å²) in [4.78, 5) is 59.8. The Balaban J connectivity index is 2.11. The third-order valence-electron chi connectivity index (χ3n) is 6.19. The summed E-state index contributed by atoms with van der Waals surface area (Å²) < 4.78 is 130. The summed E-state index contributed by atoms with van der Waals surface area (Å²) in [7, 11) is -6.73. The van der Waals surface area contributed by atoms with Crippen molar-refractivity contribution < 1.29 is 82.2 Å². The lowest BCUT2D eigenvalue weighted by Crippen LogP contribution is -2.39. The molecule has 47 heavy (non-hydrogen) atoms. The van der Waals surface area contributed by atoms with Gasteiger partial charge in [0.1, 0.15) is 13.1 Å². The maximum Gasteiger partial charge on any atom is 0.534 e. The van der Waals surface area contributed by atoms with Crippen molar-refractivity contribution >= 4 is 44.9 Å². The van der Waals surface area contributed by atoms with Gasteiger partial charge in [0.05, 0.1) is 5.56 Å². The average Bonchev–Trinajstić information content (AvgIpc) is 2.95. The summed E-state index contributed by atoms with van der Waals surface area (Å²) in [5, 5.41) is 27.0. The molecule has 3 N–H and O–H groups in total. The summed E-state index contributed by atoms with van der Waals surface area (Å²) in [6.45, 7) is -2.35. The van der Waals surface area contributed by atoms with Crippen molar-refractivity contribution in [1.82, 2.24) is 4.90 Å². The van der Waals surface area contributed by atoms with E-state index in [1.807, 2.05) is 0 Å². The maximum atomic E-state index is 15.5. The molecular weight excluding hydrogens is 683 g/mol. The Morgan fingerprint density at radius 1 is 0.851 bits per heavy atom. The Morgan fingerprint density at radius 2 is 1.45 bits per heavy atom. The Hall–Kier alpha value is -5.73. The van der Waals surface area contributed by atoms with Crippen molar-refractivity contribution in [3.63, 3.8) is 0 Å². The first-order valence-corrected chi connectivity index (χ1v) is 13.4. The largest absolute Gasteiger partial charge is 0.534 e. The van der Waals surface area contributed by atoms with E-state index in [-0.39, 0.29) is 17.0 Å². The Labute approximate surface area is 254 Å². The van der Waals surface area contributed by atoms with Gasteiger partial charge >= 0.3 is 33.5 Å². The van der Waals surface area contributed by atoms with Gasteiger partial charge in [0.15, 0.2) is 23.0 Å². The number of aromatic carboxylic acids is 1. The number of carbonyl (C=O) groups is 4. The second-order valence-electron chi connectivity index (χ2n) is 9.23. The minimum absolute atomic E-state index is 0.0605. The summed E-state index contributed by atoms with van der Waals surface area (Å²) in [6, 6.07) is 2.27. The van der Waals surface area contributed by atoms with E-state index >= 15 is 8.78 Å². The summed E-state index contributed by atoms with van der Waals surface area (Å²) in [5.41, 5.74) is -14.0. The molecule has 2 aromatic rings. The van der Waals surface area contributed by atoms with E-state index < -0.39 is 132 Å². The Kier molecular flexibility index (Phi) is 8.64. The number of hydrogen-bond acceptors (Lipinski definition) is 9. The molecule has 0 radical (unpaired) electrons. The number of halogens is 7. The predicted octanol–water partition coefficient (Wildman–Crippen LogP) is 3.66. The zero-order chi connectivity index (χ0) is 35.3. The lowest BCUT2D eigenvalue weighted by atomic mass is 9.89. The van der Waals surface area contributed by atoms with Gasteiger partial charge in [0.2, 0.25) is 17.4 Å². The molecule has 1 aliphatic carbocycles. The van der Waals surface area contributed by atoms with E-state index in [0.717, 1.165) is 6.07 Å².